The highest BCUT2D eigenvalue weighted by Crippen LogP contribution is 2.39. The molecular weight excluding hydrogens is 570 g/mol. The van der Waals surface area contributed by atoms with E-state index in [4.69, 9.17) is 0 Å². The smallest absolute Gasteiger partial charge is 0.270 e. The van der Waals surface area contributed by atoms with Gasteiger partial charge in [0.2, 0.25) is 5.91 Å². The van der Waals surface area contributed by atoms with Crippen LogP contribution in [0.2, 0.25) is 0 Å². The summed E-state index contributed by atoms with van der Waals surface area (Å²) >= 11 is 0. The van der Waals surface area contributed by atoms with E-state index in [1.807, 2.05) is 6.07 Å². The third-order valence-electron chi connectivity index (χ3n) is 6.80. The first-order valence-corrected chi connectivity index (χ1v) is 14.5. The molecule has 0 radical (unpaired) electrons. The number of nitro benzene ring substituents is 1. The molecule has 11 nitrogen and oxygen atoms in total. The van der Waals surface area contributed by atoms with Crippen LogP contribution in [0.25, 0.3) is 11.3 Å². The van der Waals surface area contributed by atoms with E-state index in [-0.39, 0.29) is 21.8 Å². The summed E-state index contributed by atoms with van der Waals surface area (Å²) in [5.74, 6) is -0.835. The molecule has 0 unspecified atom stereocenters. The lowest BCUT2D eigenvalue weighted by atomic mass is 9.99. The lowest BCUT2D eigenvalue weighted by molar-refractivity contribution is -0.384. The summed E-state index contributed by atoms with van der Waals surface area (Å²) in [7, 11) is -0.981. The van der Waals surface area contributed by atoms with Crippen LogP contribution in [-0.2, 0) is 19.6 Å². The summed E-state index contributed by atoms with van der Waals surface area (Å²) in [6, 6.07) is 27.4. The summed E-state index contributed by atoms with van der Waals surface area (Å²) in [4.78, 5) is 38.1. The molecule has 0 saturated carbocycles. The van der Waals surface area contributed by atoms with Gasteiger partial charge in [0, 0.05) is 43.2 Å². The molecule has 12 heteroatoms. The number of hydrogen-bond acceptors (Lipinski definition) is 7. The summed E-state index contributed by atoms with van der Waals surface area (Å²) in [5, 5.41) is 17.5. The van der Waals surface area contributed by atoms with E-state index >= 15 is 0 Å². The van der Waals surface area contributed by atoms with Crippen molar-refractivity contribution in [3.05, 3.63) is 124 Å². The number of sulfonamides is 1. The highest BCUT2D eigenvalue weighted by atomic mass is 32.2. The highest BCUT2D eigenvalue weighted by molar-refractivity contribution is 7.92. The Morgan fingerprint density at radius 3 is 2.14 bits per heavy atom. The molecule has 1 heterocycles. The van der Waals surface area contributed by atoms with E-state index in [0.717, 1.165) is 4.31 Å². The fraction of sp³-hybridized carbons (Fsp3) is 0.0968. The monoisotopic (exact) mass is 597 g/mol. The second-order valence-electron chi connectivity index (χ2n) is 9.84. The number of nitrogens with zero attached hydrogens (tertiary/aromatic N) is 3. The van der Waals surface area contributed by atoms with Crippen LogP contribution in [0.3, 0.4) is 0 Å². The molecule has 1 aliphatic heterocycles. The topological polar surface area (TPSA) is 142 Å². The molecule has 0 bridgehead atoms. The second kappa shape index (κ2) is 11.8. The van der Waals surface area contributed by atoms with E-state index in [1.165, 1.54) is 35.2 Å². The van der Waals surface area contributed by atoms with Crippen molar-refractivity contribution in [1.29, 1.82) is 0 Å². The van der Waals surface area contributed by atoms with Gasteiger partial charge < -0.3 is 15.5 Å². The van der Waals surface area contributed by atoms with Gasteiger partial charge in [-0.05, 0) is 48.0 Å². The van der Waals surface area contributed by atoms with E-state index in [1.54, 1.807) is 80.8 Å². The minimum Gasteiger partial charge on any atom is -0.354 e. The van der Waals surface area contributed by atoms with Crippen LogP contribution in [0.4, 0.5) is 22.7 Å². The Morgan fingerprint density at radius 1 is 0.907 bits per heavy atom. The van der Waals surface area contributed by atoms with Crippen LogP contribution >= 0.6 is 0 Å². The molecule has 1 aliphatic rings. The molecule has 218 valence electrons. The van der Waals surface area contributed by atoms with Crippen LogP contribution in [-0.4, -0.2) is 50.7 Å². The minimum absolute atomic E-state index is 0.0415. The zero-order chi connectivity index (χ0) is 30.7. The number of hydrogen-bond donors (Lipinski definition) is 2. The second-order valence-corrected chi connectivity index (χ2v) is 11.7. The Hall–Kier alpha value is -5.49. The number of carbonyl (C=O) groups excluding carboxylic acids is 2. The number of benzene rings is 4. The van der Waals surface area contributed by atoms with E-state index in [2.05, 4.69) is 10.6 Å². The Kier molecular flexibility index (Phi) is 7.95. The zero-order valence-corrected chi connectivity index (χ0v) is 24.0. The predicted octanol–water partition coefficient (Wildman–Crippen LogP) is 4.81. The van der Waals surface area contributed by atoms with Crippen molar-refractivity contribution in [2.24, 2.45) is 0 Å². The van der Waals surface area contributed by atoms with Gasteiger partial charge in [0.05, 0.1) is 26.8 Å². The van der Waals surface area contributed by atoms with Gasteiger partial charge in [0.15, 0.2) is 0 Å². The fourth-order valence-electron chi connectivity index (χ4n) is 4.56. The third kappa shape index (κ3) is 5.95. The normalized spacial score (nSPS) is 13.5. The number of amides is 2. The van der Waals surface area contributed by atoms with Crippen LogP contribution in [0.1, 0.15) is 11.1 Å². The summed E-state index contributed by atoms with van der Waals surface area (Å²) in [6.45, 7) is -0.411. The van der Waals surface area contributed by atoms with Crippen LogP contribution in [0.5, 0.6) is 0 Å². The van der Waals surface area contributed by atoms with Gasteiger partial charge in [-0.2, -0.15) is 0 Å². The van der Waals surface area contributed by atoms with Crippen LogP contribution in [0, 0.1) is 10.1 Å². The number of nitrogens with one attached hydrogen (secondary N) is 2. The van der Waals surface area contributed by atoms with Crippen LogP contribution in [0.15, 0.2) is 108 Å². The standard InChI is InChI=1S/C31H27N5O6S/c1-34(2)28(37)20-35(43(41,42)25-11-7-4-8-12-25)23-15-13-22(14-16-23)32-30(21-9-5-3-6-10-21)29-26-19-24(36(39)40)17-18-27(26)33-31(29)38/h3-19,32H,20H2,1-2H3,(H,33,38)/b30-29-. The van der Waals surface area contributed by atoms with Crippen molar-refractivity contribution in [3.63, 3.8) is 0 Å². The van der Waals surface area contributed by atoms with Gasteiger partial charge in [0.25, 0.3) is 21.6 Å². The number of fused-ring (bicyclic) bond motifs is 1. The Labute approximate surface area is 248 Å². The SMILES string of the molecule is CN(C)C(=O)CN(c1ccc(N/C(=C2\C(=O)Nc3ccc([N+](=O)[O-])cc32)c2ccccc2)cc1)S(=O)(=O)c1ccccc1. The average Bonchev–Trinajstić information content (AvgIpc) is 3.34. The summed E-state index contributed by atoms with van der Waals surface area (Å²) in [5.41, 5.74) is 2.72. The third-order valence-corrected chi connectivity index (χ3v) is 8.59. The van der Waals surface area contributed by atoms with Crippen molar-refractivity contribution in [2.75, 3.05) is 35.6 Å². The number of carbonyl (C=O) groups is 2. The number of likely N-dealkylation sites (N-methyl/N-ethyl adjacent to an activating group) is 1. The van der Waals surface area contributed by atoms with Gasteiger partial charge in [0.1, 0.15) is 6.54 Å². The van der Waals surface area contributed by atoms with Gasteiger partial charge in [-0.3, -0.25) is 24.0 Å². The Bertz CT molecular complexity index is 1840. The highest BCUT2D eigenvalue weighted by Gasteiger charge is 2.31. The number of nitro groups is 1. The van der Waals surface area contributed by atoms with Gasteiger partial charge in [-0.25, -0.2) is 8.42 Å². The van der Waals surface area contributed by atoms with Crippen molar-refractivity contribution in [3.8, 4) is 0 Å². The van der Waals surface area contributed by atoms with E-state index < -0.39 is 33.3 Å². The number of non-ortho nitro benzene ring substituents is 1. The first-order valence-electron chi connectivity index (χ1n) is 13.1. The summed E-state index contributed by atoms with van der Waals surface area (Å²) in [6.07, 6.45) is 0. The lowest BCUT2D eigenvalue weighted by Gasteiger charge is -2.25. The maximum atomic E-state index is 13.6. The molecule has 0 saturated heterocycles. The maximum absolute atomic E-state index is 13.6. The van der Waals surface area contributed by atoms with Gasteiger partial charge in [-0.15, -0.1) is 0 Å². The fourth-order valence-corrected chi connectivity index (χ4v) is 5.99. The predicted molar refractivity (Wildman–Crippen MR) is 165 cm³/mol. The maximum Gasteiger partial charge on any atom is 0.270 e. The molecule has 0 aliphatic carbocycles. The molecule has 5 rings (SSSR count). The molecule has 4 aromatic carbocycles. The molecule has 2 N–H and O–H groups in total. The van der Waals surface area contributed by atoms with Crippen molar-refractivity contribution in [2.45, 2.75) is 4.90 Å². The number of rotatable bonds is 9. The molecule has 0 fully saturated rings. The zero-order valence-electron chi connectivity index (χ0n) is 23.2. The van der Waals surface area contributed by atoms with Crippen molar-refractivity contribution in [1.82, 2.24) is 4.90 Å². The van der Waals surface area contributed by atoms with Crippen molar-refractivity contribution < 1.29 is 22.9 Å². The largest absolute Gasteiger partial charge is 0.354 e. The minimum atomic E-state index is -4.08. The quantitative estimate of drug-likeness (QED) is 0.160. The lowest BCUT2D eigenvalue weighted by Crippen LogP contribution is -2.40. The molecular formula is C31H27N5O6S. The van der Waals surface area contributed by atoms with E-state index in [0.29, 0.717) is 28.2 Å². The first kappa shape index (κ1) is 29.0. The Morgan fingerprint density at radius 2 is 1.53 bits per heavy atom. The Balaban J connectivity index is 1.56. The molecule has 0 spiro atoms. The molecule has 0 aromatic heterocycles. The molecule has 4 aromatic rings. The first-order chi connectivity index (χ1) is 20.6. The molecule has 43 heavy (non-hydrogen) atoms. The van der Waals surface area contributed by atoms with Crippen LogP contribution < -0.4 is 14.9 Å². The van der Waals surface area contributed by atoms with E-state index in [9.17, 15) is 28.1 Å². The summed E-state index contributed by atoms with van der Waals surface area (Å²) < 4.78 is 28.2. The van der Waals surface area contributed by atoms with Gasteiger partial charge >= 0.3 is 0 Å². The average molecular weight is 598 g/mol. The number of anilines is 3. The van der Waals surface area contributed by atoms with Crippen molar-refractivity contribution >= 4 is 55.9 Å². The molecule has 2 amide bonds. The van der Waals surface area contributed by atoms with Gasteiger partial charge in [-0.1, -0.05) is 48.5 Å². The molecule has 0 atom stereocenters.